The lowest BCUT2D eigenvalue weighted by Gasteiger charge is -2.11. The fourth-order valence-corrected chi connectivity index (χ4v) is 4.24. The van der Waals surface area contributed by atoms with E-state index in [-0.39, 0.29) is 35.8 Å². The zero-order chi connectivity index (χ0) is 20.2. The highest BCUT2D eigenvalue weighted by Crippen LogP contribution is 2.19. The Morgan fingerprint density at radius 1 is 0.741 bits per heavy atom. The maximum Gasteiger partial charge on any atom is 0.294 e. The molecule has 7 nitrogen and oxygen atoms in total. The van der Waals surface area contributed by atoms with Crippen LogP contribution >= 0.6 is 0 Å². The number of hydrogen-bond donors (Lipinski definition) is 2. The van der Waals surface area contributed by atoms with Gasteiger partial charge < -0.3 is 4.74 Å². The molecule has 9 heteroatoms. The van der Waals surface area contributed by atoms with Gasteiger partial charge in [0.05, 0.1) is 23.0 Å². The third-order valence-electron chi connectivity index (χ3n) is 4.02. The molecule has 0 aliphatic rings. The van der Waals surface area contributed by atoms with Crippen molar-refractivity contribution in [3.8, 4) is 0 Å². The molecule has 0 unspecified atom stereocenters. The predicted octanol–water partition coefficient (Wildman–Crippen LogP) is 2.60. The Bertz CT molecular complexity index is 942. The summed E-state index contributed by atoms with van der Waals surface area (Å²) >= 11 is 0. The lowest BCUT2D eigenvalue weighted by molar-refractivity contribution is 0.139. The van der Waals surface area contributed by atoms with Crippen molar-refractivity contribution in [2.45, 2.75) is 36.5 Å². The largest absolute Gasteiger partial charge is 0.381 e. The molecule has 27 heavy (non-hydrogen) atoms. The van der Waals surface area contributed by atoms with Gasteiger partial charge in [0.1, 0.15) is 0 Å². The second-order valence-electron chi connectivity index (χ2n) is 6.28. The molecule has 2 aromatic carbocycles. The van der Waals surface area contributed by atoms with Crippen molar-refractivity contribution in [3.63, 3.8) is 0 Å². The quantitative estimate of drug-likeness (QED) is 0.503. The summed E-state index contributed by atoms with van der Waals surface area (Å²) in [5.74, 6) is 0. The van der Waals surface area contributed by atoms with Crippen molar-refractivity contribution < 1.29 is 30.7 Å². The SMILES string of the molecule is Cc1ccc(S(=O)(=O)O)c(CCOCCc2cc(C)ccc2S(=O)(=O)O)c1. The molecule has 0 saturated carbocycles. The van der Waals surface area contributed by atoms with Gasteiger partial charge in [0.2, 0.25) is 0 Å². The van der Waals surface area contributed by atoms with Crippen LogP contribution < -0.4 is 0 Å². The van der Waals surface area contributed by atoms with Crippen LogP contribution in [0.5, 0.6) is 0 Å². The second-order valence-corrected chi connectivity index (χ2v) is 9.06. The van der Waals surface area contributed by atoms with Crippen LogP contribution in [0, 0.1) is 13.8 Å². The fourth-order valence-electron chi connectivity index (χ4n) is 2.78. The monoisotopic (exact) mass is 414 g/mol. The van der Waals surface area contributed by atoms with Crippen molar-refractivity contribution in [3.05, 3.63) is 58.7 Å². The fraction of sp³-hybridized carbons (Fsp3) is 0.333. The summed E-state index contributed by atoms with van der Waals surface area (Å²) < 4.78 is 69.8. The van der Waals surface area contributed by atoms with Crippen LogP contribution in [0.3, 0.4) is 0 Å². The van der Waals surface area contributed by atoms with Crippen LogP contribution in [-0.4, -0.2) is 39.2 Å². The topological polar surface area (TPSA) is 118 Å². The third-order valence-corrected chi connectivity index (χ3v) is 5.93. The Morgan fingerprint density at radius 3 is 1.44 bits per heavy atom. The molecular formula is C18H22O7S2. The Labute approximate surface area is 159 Å². The molecule has 0 fully saturated rings. The average Bonchev–Trinajstić information content (AvgIpc) is 2.52. The number of benzene rings is 2. The van der Waals surface area contributed by atoms with Crippen molar-refractivity contribution in [2.24, 2.45) is 0 Å². The maximum absolute atomic E-state index is 11.4. The number of hydrogen-bond acceptors (Lipinski definition) is 5. The zero-order valence-electron chi connectivity index (χ0n) is 15.0. The van der Waals surface area contributed by atoms with Crippen molar-refractivity contribution in [1.82, 2.24) is 0 Å². The molecule has 0 radical (unpaired) electrons. The molecule has 0 heterocycles. The van der Waals surface area contributed by atoms with Gasteiger partial charge in [-0.1, -0.05) is 35.4 Å². The van der Waals surface area contributed by atoms with Crippen molar-refractivity contribution in [1.29, 1.82) is 0 Å². The molecule has 2 rings (SSSR count). The summed E-state index contributed by atoms with van der Waals surface area (Å²) in [5, 5.41) is 0. The van der Waals surface area contributed by atoms with Gasteiger partial charge in [0.15, 0.2) is 0 Å². The molecule has 0 amide bonds. The van der Waals surface area contributed by atoms with E-state index in [1.54, 1.807) is 24.3 Å². The van der Waals surface area contributed by atoms with Crippen LogP contribution in [-0.2, 0) is 37.8 Å². The van der Waals surface area contributed by atoms with Crippen molar-refractivity contribution >= 4 is 20.2 Å². The van der Waals surface area contributed by atoms with E-state index in [9.17, 15) is 25.9 Å². The molecule has 0 aliphatic heterocycles. The Kier molecular flexibility index (Phi) is 6.77. The highest BCUT2D eigenvalue weighted by Gasteiger charge is 2.16. The van der Waals surface area contributed by atoms with Crippen molar-refractivity contribution in [2.75, 3.05) is 13.2 Å². The summed E-state index contributed by atoms with van der Waals surface area (Å²) in [6, 6.07) is 9.24. The van der Waals surface area contributed by atoms with Crippen LogP contribution in [0.4, 0.5) is 0 Å². The maximum atomic E-state index is 11.4. The molecule has 0 atom stereocenters. The number of rotatable bonds is 8. The van der Waals surface area contributed by atoms with Crippen LogP contribution in [0.1, 0.15) is 22.3 Å². The first kappa shape index (κ1) is 21.5. The third kappa shape index (κ3) is 6.12. The van der Waals surface area contributed by atoms with Gasteiger partial charge in [-0.15, -0.1) is 0 Å². The Balaban J connectivity index is 2.00. The lowest BCUT2D eigenvalue weighted by atomic mass is 10.1. The highest BCUT2D eigenvalue weighted by molar-refractivity contribution is 7.86. The summed E-state index contributed by atoms with van der Waals surface area (Å²) in [6.07, 6.45) is 0.547. The first-order valence-corrected chi connectivity index (χ1v) is 11.1. The van der Waals surface area contributed by atoms with E-state index in [0.717, 1.165) is 11.1 Å². The Morgan fingerprint density at radius 2 is 1.11 bits per heavy atom. The van der Waals surface area contributed by atoms with Gasteiger partial charge in [0.25, 0.3) is 20.2 Å². The number of aryl methyl sites for hydroxylation is 2. The molecule has 0 bridgehead atoms. The summed E-state index contributed by atoms with van der Waals surface area (Å²) in [7, 11) is -8.63. The van der Waals surface area contributed by atoms with Crippen LogP contribution in [0.15, 0.2) is 46.2 Å². The molecule has 2 N–H and O–H groups in total. The van der Waals surface area contributed by atoms with E-state index in [1.807, 2.05) is 13.8 Å². The minimum Gasteiger partial charge on any atom is -0.381 e. The van der Waals surface area contributed by atoms with Crippen LogP contribution in [0.2, 0.25) is 0 Å². The molecular weight excluding hydrogens is 392 g/mol. The number of ether oxygens (including phenoxy) is 1. The lowest BCUT2D eigenvalue weighted by Crippen LogP contribution is -2.09. The van der Waals surface area contributed by atoms with Gasteiger partial charge in [0, 0.05) is 0 Å². The summed E-state index contributed by atoms with van der Waals surface area (Å²) in [5.41, 5.74) is 2.61. The molecule has 0 aromatic heterocycles. The van der Waals surface area contributed by atoms with Gasteiger partial charge in [-0.3, -0.25) is 9.11 Å². The molecule has 2 aromatic rings. The molecule has 148 valence electrons. The Hall–Kier alpha value is -1.78. The van der Waals surface area contributed by atoms with E-state index < -0.39 is 20.2 Å². The first-order chi connectivity index (χ1) is 12.5. The normalized spacial score (nSPS) is 12.3. The molecule has 0 spiro atoms. The first-order valence-electron chi connectivity index (χ1n) is 8.20. The second kappa shape index (κ2) is 8.49. The van der Waals surface area contributed by atoms with E-state index in [2.05, 4.69) is 0 Å². The van der Waals surface area contributed by atoms with Gasteiger partial charge in [-0.25, -0.2) is 0 Å². The minimum atomic E-state index is -4.31. The van der Waals surface area contributed by atoms with Gasteiger partial charge >= 0.3 is 0 Å². The van der Waals surface area contributed by atoms with E-state index >= 15 is 0 Å². The van der Waals surface area contributed by atoms with E-state index in [1.165, 1.54) is 12.1 Å². The molecule has 0 aliphatic carbocycles. The minimum absolute atomic E-state index is 0.149. The standard InChI is InChI=1S/C18H22O7S2/c1-13-3-5-17(26(19,20)21)15(11-13)7-9-25-10-8-16-12-14(2)4-6-18(16)27(22,23)24/h3-6,11-12H,7-10H2,1-2H3,(H,19,20,21)(H,22,23,24). The summed E-state index contributed by atoms with van der Waals surface area (Å²) in [6.45, 7) is 4.01. The smallest absolute Gasteiger partial charge is 0.294 e. The summed E-state index contributed by atoms with van der Waals surface area (Å²) in [4.78, 5) is -0.298. The van der Waals surface area contributed by atoms with Gasteiger partial charge in [-0.05, 0) is 49.9 Å². The zero-order valence-corrected chi connectivity index (χ0v) is 16.7. The van der Waals surface area contributed by atoms with E-state index in [4.69, 9.17) is 4.74 Å². The van der Waals surface area contributed by atoms with E-state index in [0.29, 0.717) is 11.1 Å². The van der Waals surface area contributed by atoms with Gasteiger partial charge in [-0.2, -0.15) is 16.8 Å². The highest BCUT2D eigenvalue weighted by atomic mass is 32.2. The molecule has 0 saturated heterocycles. The predicted molar refractivity (Wildman–Crippen MR) is 100 cm³/mol. The van der Waals surface area contributed by atoms with Crippen LogP contribution in [0.25, 0.3) is 0 Å². The average molecular weight is 415 g/mol.